The molecule has 0 atom stereocenters. The molecule has 0 saturated carbocycles. The Balaban J connectivity index is 0.000000794. The number of carbonyl (C=O) groups is 1. The SMILES string of the molecule is CC(C)(C)[Si](C)(C)OCc1cccnc1-c1ccn[nH]1.CCO.CN(C)/C=C/C(=O)c1ncccc1CO[Si](C)(C)C(C)(C)C.NN. The molecule has 47 heavy (non-hydrogen) atoms. The van der Waals surface area contributed by atoms with E-state index in [9.17, 15) is 4.79 Å². The molecule has 0 aliphatic rings. The number of H-pyrrole nitrogens is 1. The van der Waals surface area contributed by atoms with E-state index < -0.39 is 16.6 Å². The van der Waals surface area contributed by atoms with Crippen molar-refractivity contribution in [2.75, 3.05) is 20.7 Å². The molecule has 0 amide bonds. The molecular formula is C34H61N7O4Si2. The third-order valence-electron chi connectivity index (χ3n) is 8.09. The predicted molar refractivity (Wildman–Crippen MR) is 198 cm³/mol. The van der Waals surface area contributed by atoms with Gasteiger partial charge in [0.15, 0.2) is 16.6 Å². The molecule has 0 fully saturated rings. The van der Waals surface area contributed by atoms with E-state index in [4.69, 9.17) is 14.0 Å². The van der Waals surface area contributed by atoms with E-state index in [1.54, 1.807) is 31.7 Å². The maximum atomic E-state index is 12.3. The minimum atomic E-state index is -1.85. The summed E-state index contributed by atoms with van der Waals surface area (Å²) in [6.07, 6.45) is 8.45. The molecule has 3 aromatic heterocycles. The third-order valence-corrected chi connectivity index (χ3v) is 17.0. The zero-order valence-electron chi connectivity index (χ0n) is 31.0. The highest BCUT2D eigenvalue weighted by atomic mass is 28.4. The molecule has 3 rings (SSSR count). The number of ketones is 1. The lowest BCUT2D eigenvalue weighted by Crippen LogP contribution is -2.40. The highest BCUT2D eigenvalue weighted by Gasteiger charge is 2.38. The van der Waals surface area contributed by atoms with Crippen molar-refractivity contribution in [1.29, 1.82) is 0 Å². The number of allylic oxidation sites excluding steroid dienone is 1. The molecule has 264 valence electrons. The van der Waals surface area contributed by atoms with E-state index in [-0.39, 0.29) is 22.5 Å². The van der Waals surface area contributed by atoms with Crippen LogP contribution in [-0.2, 0) is 22.1 Å². The number of aromatic nitrogens is 4. The van der Waals surface area contributed by atoms with Gasteiger partial charge in [0, 0.05) is 62.7 Å². The Morgan fingerprint density at radius 1 is 0.872 bits per heavy atom. The van der Waals surface area contributed by atoms with Gasteiger partial charge in [0.1, 0.15) is 5.69 Å². The third kappa shape index (κ3) is 15.2. The van der Waals surface area contributed by atoms with Gasteiger partial charge >= 0.3 is 0 Å². The Hall–Kier alpha value is -3.05. The fraction of sp³-hybridized carbons (Fsp3) is 0.529. The second kappa shape index (κ2) is 20.3. The summed E-state index contributed by atoms with van der Waals surface area (Å²) in [4.78, 5) is 22.8. The molecule has 3 aromatic rings. The summed E-state index contributed by atoms with van der Waals surface area (Å²) in [6, 6.07) is 9.70. The number of aromatic amines is 1. The molecular weight excluding hydrogens is 627 g/mol. The molecule has 0 bridgehead atoms. The summed E-state index contributed by atoms with van der Waals surface area (Å²) in [5.41, 5.74) is 4.27. The van der Waals surface area contributed by atoms with Gasteiger partial charge in [0.05, 0.1) is 24.6 Å². The van der Waals surface area contributed by atoms with Crippen molar-refractivity contribution < 1.29 is 18.8 Å². The number of hydrogen-bond donors (Lipinski definition) is 4. The highest BCUT2D eigenvalue weighted by molar-refractivity contribution is 6.74. The molecule has 6 N–H and O–H groups in total. The second-order valence-electron chi connectivity index (χ2n) is 14.1. The van der Waals surface area contributed by atoms with Crippen molar-refractivity contribution in [2.45, 2.75) is 97.9 Å². The summed E-state index contributed by atoms with van der Waals surface area (Å²) in [5, 5.41) is 14.9. The average Bonchev–Trinajstić information content (AvgIpc) is 3.54. The smallest absolute Gasteiger partial charge is 0.205 e. The van der Waals surface area contributed by atoms with Crippen LogP contribution in [0.3, 0.4) is 0 Å². The first kappa shape index (κ1) is 44.0. The normalized spacial score (nSPS) is 11.8. The number of pyridine rings is 2. The monoisotopic (exact) mass is 687 g/mol. The minimum Gasteiger partial charge on any atom is -0.412 e. The van der Waals surface area contributed by atoms with Crippen LogP contribution in [0.5, 0.6) is 0 Å². The number of nitrogens with two attached hydrogens (primary N) is 2. The van der Waals surface area contributed by atoms with Crippen LogP contribution in [0.25, 0.3) is 11.4 Å². The molecule has 3 heterocycles. The summed E-state index contributed by atoms with van der Waals surface area (Å²) in [7, 11) is 0.161. The molecule has 0 unspecified atom stereocenters. The second-order valence-corrected chi connectivity index (χ2v) is 23.7. The summed E-state index contributed by atoms with van der Waals surface area (Å²) >= 11 is 0. The van der Waals surface area contributed by atoms with E-state index in [1.165, 1.54) is 6.08 Å². The van der Waals surface area contributed by atoms with Gasteiger partial charge < -0.3 is 18.9 Å². The molecule has 0 spiro atoms. The fourth-order valence-electron chi connectivity index (χ4n) is 3.21. The van der Waals surface area contributed by atoms with Gasteiger partial charge in [-0.2, -0.15) is 5.10 Å². The van der Waals surface area contributed by atoms with Crippen LogP contribution in [-0.4, -0.2) is 73.3 Å². The van der Waals surface area contributed by atoms with Crippen LogP contribution >= 0.6 is 0 Å². The number of aliphatic hydroxyl groups is 1. The minimum absolute atomic E-state index is 0.0943. The molecule has 0 aliphatic heterocycles. The number of nitrogens with zero attached hydrogens (tertiary/aromatic N) is 4. The zero-order valence-corrected chi connectivity index (χ0v) is 33.0. The van der Waals surface area contributed by atoms with Crippen molar-refractivity contribution in [1.82, 2.24) is 25.1 Å². The van der Waals surface area contributed by atoms with Crippen LogP contribution in [0.1, 0.15) is 70.1 Å². The fourth-order valence-corrected chi connectivity index (χ4v) is 5.11. The van der Waals surface area contributed by atoms with E-state index in [0.29, 0.717) is 18.9 Å². The van der Waals surface area contributed by atoms with Gasteiger partial charge in [-0.05, 0) is 61.4 Å². The molecule has 13 heteroatoms. The van der Waals surface area contributed by atoms with Gasteiger partial charge in [-0.3, -0.25) is 31.5 Å². The number of hydrogen-bond acceptors (Lipinski definition) is 10. The van der Waals surface area contributed by atoms with Gasteiger partial charge in [0.25, 0.3) is 0 Å². The Morgan fingerprint density at radius 2 is 1.34 bits per heavy atom. The van der Waals surface area contributed by atoms with Crippen molar-refractivity contribution >= 4 is 22.4 Å². The van der Waals surface area contributed by atoms with Crippen molar-refractivity contribution in [3.63, 3.8) is 0 Å². The van der Waals surface area contributed by atoms with E-state index in [2.05, 4.69) is 106 Å². The number of aliphatic hydroxyl groups excluding tert-OH is 1. The van der Waals surface area contributed by atoms with Crippen LogP contribution in [0.15, 0.2) is 61.2 Å². The van der Waals surface area contributed by atoms with Crippen LogP contribution in [0, 0.1) is 0 Å². The molecule has 11 nitrogen and oxygen atoms in total. The Bertz CT molecular complexity index is 1330. The summed E-state index contributed by atoms with van der Waals surface area (Å²) in [6.45, 7) is 25.2. The van der Waals surface area contributed by atoms with Crippen molar-refractivity contribution in [2.24, 2.45) is 11.7 Å². The maximum absolute atomic E-state index is 12.3. The zero-order chi connectivity index (χ0) is 36.5. The van der Waals surface area contributed by atoms with Gasteiger partial charge in [-0.25, -0.2) is 0 Å². The molecule has 0 aromatic carbocycles. The Morgan fingerprint density at radius 3 is 1.79 bits per heavy atom. The highest BCUT2D eigenvalue weighted by Crippen LogP contribution is 2.38. The first-order chi connectivity index (χ1) is 21.8. The van der Waals surface area contributed by atoms with Crippen LogP contribution in [0.4, 0.5) is 0 Å². The number of hydrazine groups is 1. The Labute approximate surface area is 285 Å². The lowest BCUT2D eigenvalue weighted by atomic mass is 10.1. The standard InChI is InChI=1S/C17H28N2O2Si.C15H23N3OSi.C2H6O.H4N2/c1-17(2,3)22(6,7)21-13-14-9-8-11-18-16(14)15(20)10-12-19(4)5;1-15(2,3)20(4,5)19-11-12-7-6-9-16-14(12)13-8-10-17-18-13;1-2-3;1-2/h8-12H,13H2,1-7H3;6-10H,11H2,1-5H3,(H,17,18);3H,2H2,1H3;1-2H2/b12-10+;;;. The predicted octanol–water partition coefficient (Wildman–Crippen LogP) is 6.67. The van der Waals surface area contributed by atoms with Crippen LogP contribution in [0.2, 0.25) is 36.3 Å². The first-order valence-electron chi connectivity index (χ1n) is 15.8. The van der Waals surface area contributed by atoms with Crippen LogP contribution < -0.4 is 11.7 Å². The summed E-state index contributed by atoms with van der Waals surface area (Å²) in [5.74, 6) is 7.91. The summed E-state index contributed by atoms with van der Waals surface area (Å²) < 4.78 is 12.5. The van der Waals surface area contributed by atoms with Crippen molar-refractivity contribution in [3.05, 3.63) is 78.0 Å². The van der Waals surface area contributed by atoms with E-state index in [1.807, 2.05) is 43.3 Å². The number of rotatable bonds is 10. The van der Waals surface area contributed by atoms with Gasteiger partial charge in [0.2, 0.25) is 5.78 Å². The maximum Gasteiger partial charge on any atom is 0.205 e. The van der Waals surface area contributed by atoms with E-state index >= 15 is 0 Å². The topological polar surface area (TPSA) is 166 Å². The molecule has 0 radical (unpaired) electrons. The molecule has 0 aliphatic carbocycles. The van der Waals surface area contributed by atoms with Gasteiger partial charge in [-0.15, -0.1) is 0 Å². The largest absolute Gasteiger partial charge is 0.412 e. The Kier molecular flexibility index (Phi) is 19.0. The first-order valence-corrected chi connectivity index (χ1v) is 21.6. The average molecular weight is 688 g/mol. The number of carbonyl (C=O) groups excluding carboxylic acids is 1. The number of nitrogens with one attached hydrogen (secondary N) is 1. The van der Waals surface area contributed by atoms with Crippen molar-refractivity contribution in [3.8, 4) is 11.4 Å². The lowest BCUT2D eigenvalue weighted by Gasteiger charge is -2.36. The lowest BCUT2D eigenvalue weighted by molar-refractivity contribution is 0.103. The van der Waals surface area contributed by atoms with E-state index in [0.717, 1.165) is 22.5 Å². The van der Waals surface area contributed by atoms with Gasteiger partial charge in [-0.1, -0.05) is 53.7 Å². The quantitative estimate of drug-likeness (QED) is 0.0594. The molecule has 0 saturated heterocycles.